The molecule has 0 aliphatic heterocycles. The molecule has 4 nitrogen and oxygen atoms in total. The van der Waals surface area contributed by atoms with Gasteiger partial charge >= 0.3 is 6.09 Å². The number of phenolic OH excluding ortho intramolecular Hbond substituents is 1. The van der Waals surface area contributed by atoms with Crippen LogP contribution in [0.25, 0.3) is 0 Å². The maximum absolute atomic E-state index is 10.9. The van der Waals surface area contributed by atoms with E-state index < -0.39 is 6.09 Å². The van der Waals surface area contributed by atoms with E-state index in [9.17, 15) is 9.90 Å². The molecule has 0 saturated heterocycles. The zero-order valence-electron chi connectivity index (χ0n) is 8.42. The number of aromatic hydroxyl groups is 1. The molecule has 0 unspecified atom stereocenters. The van der Waals surface area contributed by atoms with Gasteiger partial charge in [-0.25, -0.2) is 4.79 Å². The number of carbonyl (C=O) groups excluding carboxylic acids is 1. The highest BCUT2D eigenvalue weighted by atomic mass is 16.5. The molecule has 1 aromatic rings. The van der Waals surface area contributed by atoms with Gasteiger partial charge < -0.3 is 9.84 Å². The Bertz CT molecular complexity index is 361. The number of hydrogen-bond acceptors (Lipinski definition) is 3. The number of ether oxygens (including phenoxy) is 1. The Morgan fingerprint density at radius 3 is 2.50 bits per heavy atom. The summed E-state index contributed by atoms with van der Waals surface area (Å²) in [6.45, 7) is 3.79. The van der Waals surface area contributed by atoms with Crippen LogP contribution in [-0.2, 0) is 4.74 Å². The first-order chi connectivity index (χ1) is 6.54. The normalized spacial score (nSPS) is 9.64. The van der Waals surface area contributed by atoms with Crippen LogP contribution in [0.2, 0.25) is 0 Å². The summed E-state index contributed by atoms with van der Waals surface area (Å²) in [5.74, 6) is 0.0403. The van der Waals surface area contributed by atoms with Crippen LogP contribution >= 0.6 is 0 Å². The lowest BCUT2D eigenvalue weighted by Crippen LogP contribution is -2.11. The number of hydrogen-bond donors (Lipinski definition) is 2. The molecule has 0 aromatic heterocycles. The fourth-order valence-corrected chi connectivity index (χ4v) is 1.06. The minimum atomic E-state index is -0.594. The molecule has 14 heavy (non-hydrogen) atoms. The molecule has 0 heterocycles. The van der Waals surface area contributed by atoms with Crippen molar-refractivity contribution in [2.24, 2.45) is 0 Å². The number of methoxy groups -OCH3 is 1. The molecule has 0 bridgehead atoms. The number of nitrogens with one attached hydrogen (secondary N) is 1. The highest BCUT2D eigenvalue weighted by Gasteiger charge is 2.07. The molecule has 1 rings (SSSR count). The van der Waals surface area contributed by atoms with Crippen LogP contribution in [0, 0.1) is 13.8 Å². The van der Waals surface area contributed by atoms with E-state index in [1.807, 2.05) is 13.8 Å². The summed E-state index contributed by atoms with van der Waals surface area (Å²) >= 11 is 0. The van der Waals surface area contributed by atoms with Gasteiger partial charge in [-0.2, -0.15) is 0 Å². The van der Waals surface area contributed by atoms with Crippen LogP contribution in [0.4, 0.5) is 10.5 Å². The van der Waals surface area contributed by atoms with Crippen LogP contribution < -0.4 is 5.32 Å². The topological polar surface area (TPSA) is 58.6 Å². The van der Waals surface area contributed by atoms with Gasteiger partial charge in [0.2, 0.25) is 0 Å². The van der Waals surface area contributed by atoms with E-state index in [4.69, 9.17) is 0 Å². The van der Waals surface area contributed by atoms with Gasteiger partial charge in [-0.05, 0) is 37.1 Å². The highest BCUT2D eigenvalue weighted by Crippen LogP contribution is 2.26. The molecule has 0 aliphatic carbocycles. The Kier molecular flexibility index (Phi) is 2.96. The minimum Gasteiger partial charge on any atom is -0.506 e. The molecule has 0 spiro atoms. The Morgan fingerprint density at radius 1 is 1.36 bits per heavy atom. The molecule has 76 valence electrons. The van der Waals surface area contributed by atoms with Gasteiger partial charge in [0.1, 0.15) is 5.75 Å². The van der Waals surface area contributed by atoms with Gasteiger partial charge in [0.15, 0.2) is 0 Å². The minimum absolute atomic E-state index is 0.0403. The summed E-state index contributed by atoms with van der Waals surface area (Å²) in [6, 6.07) is 3.29. The second-order valence-corrected chi connectivity index (χ2v) is 3.07. The standard InChI is InChI=1S/C10H13NO3/c1-6-4-8(11-10(13)14-3)9(12)5-7(6)2/h4-5,12H,1-3H3,(H,11,13). The van der Waals surface area contributed by atoms with E-state index >= 15 is 0 Å². The number of aryl methyl sites for hydroxylation is 2. The summed E-state index contributed by atoms with van der Waals surface area (Å²) in [7, 11) is 1.27. The molecule has 0 aliphatic rings. The third-order valence-electron chi connectivity index (χ3n) is 2.03. The number of benzene rings is 1. The van der Waals surface area contributed by atoms with Crippen molar-refractivity contribution < 1.29 is 14.6 Å². The lowest BCUT2D eigenvalue weighted by molar-refractivity contribution is 0.187. The van der Waals surface area contributed by atoms with Crippen LogP contribution in [0.15, 0.2) is 12.1 Å². The fraction of sp³-hybridized carbons (Fsp3) is 0.300. The molecule has 0 fully saturated rings. The van der Waals surface area contributed by atoms with Gasteiger partial charge in [-0.1, -0.05) is 0 Å². The molecule has 0 atom stereocenters. The monoisotopic (exact) mass is 195 g/mol. The Morgan fingerprint density at radius 2 is 1.93 bits per heavy atom. The molecule has 4 heteroatoms. The van der Waals surface area contributed by atoms with E-state index in [0.717, 1.165) is 11.1 Å². The average Bonchev–Trinajstić information content (AvgIpc) is 2.14. The summed E-state index contributed by atoms with van der Waals surface area (Å²) in [4.78, 5) is 10.9. The van der Waals surface area contributed by atoms with Crippen LogP contribution in [-0.4, -0.2) is 18.3 Å². The average molecular weight is 195 g/mol. The van der Waals surface area contributed by atoms with Crippen molar-refractivity contribution in [1.82, 2.24) is 0 Å². The Labute approximate surface area is 82.5 Å². The van der Waals surface area contributed by atoms with Gasteiger partial charge in [0.05, 0.1) is 12.8 Å². The molecule has 0 radical (unpaired) electrons. The number of phenols is 1. The van der Waals surface area contributed by atoms with Crippen molar-refractivity contribution in [3.05, 3.63) is 23.3 Å². The molecule has 2 N–H and O–H groups in total. The summed E-state index contributed by atoms with van der Waals surface area (Å²) < 4.78 is 4.42. The van der Waals surface area contributed by atoms with E-state index in [1.165, 1.54) is 7.11 Å². The third kappa shape index (κ3) is 2.16. The quantitative estimate of drug-likeness (QED) is 0.675. The van der Waals surface area contributed by atoms with E-state index in [0.29, 0.717) is 5.69 Å². The number of amides is 1. The lowest BCUT2D eigenvalue weighted by atomic mass is 10.1. The first-order valence-electron chi connectivity index (χ1n) is 4.19. The first-order valence-corrected chi connectivity index (χ1v) is 4.19. The van der Waals surface area contributed by atoms with E-state index in [-0.39, 0.29) is 5.75 Å². The summed E-state index contributed by atoms with van der Waals surface area (Å²) in [5.41, 5.74) is 2.33. The maximum Gasteiger partial charge on any atom is 0.411 e. The van der Waals surface area contributed by atoms with E-state index in [2.05, 4.69) is 10.1 Å². The summed E-state index contributed by atoms with van der Waals surface area (Å²) in [5, 5.41) is 11.9. The predicted molar refractivity (Wildman–Crippen MR) is 53.6 cm³/mol. The van der Waals surface area contributed by atoms with Crippen LogP contribution in [0.3, 0.4) is 0 Å². The van der Waals surface area contributed by atoms with Gasteiger partial charge in [0, 0.05) is 0 Å². The zero-order chi connectivity index (χ0) is 10.7. The fourth-order valence-electron chi connectivity index (χ4n) is 1.06. The van der Waals surface area contributed by atoms with Crippen molar-refractivity contribution in [2.45, 2.75) is 13.8 Å². The second kappa shape index (κ2) is 4.00. The zero-order valence-corrected chi connectivity index (χ0v) is 8.42. The molecular formula is C10H13NO3. The SMILES string of the molecule is COC(=O)Nc1cc(C)c(C)cc1O. The van der Waals surface area contributed by atoms with Crippen LogP contribution in [0.1, 0.15) is 11.1 Å². The predicted octanol–water partition coefficient (Wildman–Crippen LogP) is 2.19. The second-order valence-electron chi connectivity index (χ2n) is 3.07. The molecule has 0 saturated carbocycles. The largest absolute Gasteiger partial charge is 0.506 e. The third-order valence-corrected chi connectivity index (χ3v) is 2.03. The number of carbonyl (C=O) groups is 1. The van der Waals surface area contributed by atoms with Crippen molar-refractivity contribution in [3.8, 4) is 5.75 Å². The van der Waals surface area contributed by atoms with Gasteiger partial charge in [0.25, 0.3) is 0 Å². The van der Waals surface area contributed by atoms with Crippen molar-refractivity contribution in [1.29, 1.82) is 0 Å². The van der Waals surface area contributed by atoms with Gasteiger partial charge in [-0.15, -0.1) is 0 Å². The Balaban J connectivity index is 2.98. The summed E-state index contributed by atoms with van der Waals surface area (Å²) in [6.07, 6.45) is -0.594. The van der Waals surface area contributed by atoms with Crippen molar-refractivity contribution in [2.75, 3.05) is 12.4 Å². The van der Waals surface area contributed by atoms with Crippen molar-refractivity contribution in [3.63, 3.8) is 0 Å². The smallest absolute Gasteiger partial charge is 0.411 e. The van der Waals surface area contributed by atoms with Crippen LogP contribution in [0.5, 0.6) is 5.75 Å². The Hall–Kier alpha value is -1.71. The lowest BCUT2D eigenvalue weighted by Gasteiger charge is -2.08. The molecule has 1 amide bonds. The number of anilines is 1. The van der Waals surface area contributed by atoms with Gasteiger partial charge in [-0.3, -0.25) is 5.32 Å². The van der Waals surface area contributed by atoms with Crippen molar-refractivity contribution >= 4 is 11.8 Å². The number of rotatable bonds is 1. The van der Waals surface area contributed by atoms with E-state index in [1.54, 1.807) is 12.1 Å². The molecule has 1 aromatic carbocycles. The molecular weight excluding hydrogens is 182 g/mol. The maximum atomic E-state index is 10.9. The highest BCUT2D eigenvalue weighted by molar-refractivity contribution is 5.86. The first kappa shape index (κ1) is 10.4.